The Bertz CT molecular complexity index is 524. The van der Waals surface area contributed by atoms with E-state index in [9.17, 15) is 4.79 Å². The van der Waals surface area contributed by atoms with Crippen LogP contribution in [0.15, 0.2) is 18.2 Å². The molecule has 2 saturated carbocycles. The lowest BCUT2D eigenvalue weighted by molar-refractivity contribution is -0.122. The van der Waals surface area contributed by atoms with E-state index in [1.807, 2.05) is 12.1 Å². The number of benzene rings is 1. The first-order valence-corrected chi connectivity index (χ1v) is 6.99. The summed E-state index contributed by atoms with van der Waals surface area (Å²) in [5.41, 5.74) is 1.24. The van der Waals surface area contributed by atoms with Gasteiger partial charge in [-0.05, 0) is 37.2 Å². The van der Waals surface area contributed by atoms with E-state index in [1.54, 1.807) is 0 Å². The lowest BCUT2D eigenvalue weighted by atomic mass is 10.1. The smallest absolute Gasteiger partial charge is 0.231 e. The molecule has 1 amide bonds. The van der Waals surface area contributed by atoms with Crippen molar-refractivity contribution in [3.05, 3.63) is 23.8 Å². The molecular weight excluding hydrogens is 242 g/mol. The molecule has 0 bridgehead atoms. The second kappa shape index (κ2) is 4.15. The Morgan fingerprint density at radius 1 is 1.32 bits per heavy atom. The molecule has 0 unspecified atom stereocenters. The monoisotopic (exact) mass is 259 g/mol. The van der Waals surface area contributed by atoms with E-state index in [0.717, 1.165) is 37.3 Å². The minimum Gasteiger partial charge on any atom is -0.454 e. The first-order chi connectivity index (χ1) is 9.33. The van der Waals surface area contributed by atoms with Crippen molar-refractivity contribution >= 4 is 5.91 Å². The Morgan fingerprint density at radius 3 is 3.05 bits per heavy atom. The number of rotatable bonds is 4. The number of carbonyl (C=O) groups is 1. The van der Waals surface area contributed by atoms with E-state index in [1.165, 1.54) is 5.56 Å². The van der Waals surface area contributed by atoms with Crippen LogP contribution in [-0.2, 0) is 4.79 Å². The summed E-state index contributed by atoms with van der Waals surface area (Å²) in [5.74, 6) is 3.36. The summed E-state index contributed by atoms with van der Waals surface area (Å²) in [6.07, 6.45) is 3.26. The van der Waals surface area contributed by atoms with E-state index in [2.05, 4.69) is 11.4 Å². The second-order valence-corrected chi connectivity index (χ2v) is 5.70. The van der Waals surface area contributed by atoms with Gasteiger partial charge in [0.25, 0.3) is 0 Å². The summed E-state index contributed by atoms with van der Waals surface area (Å²) in [4.78, 5) is 11.6. The first kappa shape index (κ1) is 11.1. The molecule has 0 aromatic heterocycles. The molecule has 4 rings (SSSR count). The number of para-hydroxylation sites is 1. The van der Waals surface area contributed by atoms with Crippen LogP contribution in [0.4, 0.5) is 0 Å². The van der Waals surface area contributed by atoms with Gasteiger partial charge in [-0.2, -0.15) is 0 Å². The number of hydrogen-bond donors (Lipinski definition) is 1. The minimum absolute atomic E-state index is 0.239. The van der Waals surface area contributed by atoms with Crippen LogP contribution >= 0.6 is 0 Å². The molecular formula is C15H17NO3. The van der Waals surface area contributed by atoms with Crippen molar-refractivity contribution < 1.29 is 14.3 Å². The van der Waals surface area contributed by atoms with Crippen molar-refractivity contribution in [3.63, 3.8) is 0 Å². The Balaban J connectivity index is 1.39. The van der Waals surface area contributed by atoms with Gasteiger partial charge in [0.1, 0.15) is 0 Å². The van der Waals surface area contributed by atoms with Gasteiger partial charge in [0.2, 0.25) is 12.7 Å². The zero-order valence-corrected chi connectivity index (χ0v) is 10.7. The zero-order valence-electron chi connectivity index (χ0n) is 10.7. The fourth-order valence-electron chi connectivity index (χ4n) is 2.82. The van der Waals surface area contributed by atoms with Crippen molar-refractivity contribution in [1.29, 1.82) is 0 Å². The van der Waals surface area contributed by atoms with Gasteiger partial charge in [0.05, 0.1) is 0 Å². The van der Waals surface area contributed by atoms with Crippen LogP contribution in [-0.4, -0.2) is 19.2 Å². The van der Waals surface area contributed by atoms with Gasteiger partial charge < -0.3 is 14.8 Å². The number of carbonyl (C=O) groups excluding carboxylic acids is 1. The van der Waals surface area contributed by atoms with Crippen molar-refractivity contribution in [2.75, 3.05) is 13.3 Å². The lowest BCUT2D eigenvalue weighted by Crippen LogP contribution is -2.27. The van der Waals surface area contributed by atoms with Crippen LogP contribution in [0.25, 0.3) is 0 Å². The van der Waals surface area contributed by atoms with Gasteiger partial charge in [0.15, 0.2) is 11.5 Å². The molecule has 19 heavy (non-hydrogen) atoms. The van der Waals surface area contributed by atoms with Crippen molar-refractivity contribution in [2.45, 2.75) is 25.2 Å². The maximum Gasteiger partial charge on any atom is 0.231 e. The molecule has 2 aliphatic carbocycles. The average Bonchev–Trinajstić information content (AvgIpc) is 3.33. The summed E-state index contributed by atoms with van der Waals surface area (Å²) >= 11 is 0. The number of amides is 1. The van der Waals surface area contributed by atoms with Gasteiger partial charge in [-0.25, -0.2) is 0 Å². The molecule has 4 nitrogen and oxygen atoms in total. The van der Waals surface area contributed by atoms with E-state index in [-0.39, 0.29) is 5.91 Å². The molecule has 1 aliphatic heterocycles. The van der Waals surface area contributed by atoms with Gasteiger partial charge in [-0.15, -0.1) is 0 Å². The second-order valence-electron chi connectivity index (χ2n) is 5.70. The molecule has 1 aromatic rings. The Morgan fingerprint density at radius 2 is 2.21 bits per heavy atom. The predicted molar refractivity (Wildman–Crippen MR) is 69.1 cm³/mol. The summed E-state index contributed by atoms with van der Waals surface area (Å²) in [6, 6.07) is 6.07. The van der Waals surface area contributed by atoms with Gasteiger partial charge in [-0.3, -0.25) is 4.79 Å². The number of ether oxygens (including phenoxy) is 2. The molecule has 100 valence electrons. The van der Waals surface area contributed by atoms with Crippen LogP contribution in [0.2, 0.25) is 0 Å². The maximum absolute atomic E-state index is 11.6. The molecule has 0 saturated heterocycles. The molecule has 2 fully saturated rings. The maximum atomic E-state index is 11.6. The van der Waals surface area contributed by atoms with Crippen LogP contribution in [0.1, 0.15) is 30.7 Å². The number of fused-ring (bicyclic) bond motifs is 1. The quantitative estimate of drug-likeness (QED) is 0.900. The third-order valence-corrected chi connectivity index (χ3v) is 4.24. The Labute approximate surface area is 112 Å². The van der Waals surface area contributed by atoms with E-state index >= 15 is 0 Å². The molecule has 4 heteroatoms. The molecule has 1 N–H and O–H groups in total. The van der Waals surface area contributed by atoms with E-state index < -0.39 is 0 Å². The fraction of sp³-hybridized carbons (Fsp3) is 0.533. The highest BCUT2D eigenvalue weighted by molar-refractivity contribution is 5.80. The normalized spacial score (nSPS) is 27.2. The molecule has 0 spiro atoms. The van der Waals surface area contributed by atoms with Gasteiger partial charge in [-0.1, -0.05) is 12.1 Å². The fourth-order valence-corrected chi connectivity index (χ4v) is 2.82. The molecule has 1 heterocycles. The standard InChI is InChI=1S/C15H17NO3/c17-15(9-4-5-9)16-7-10-6-12(10)11-2-1-3-13-14(11)19-8-18-13/h1-3,9-10,12H,4-8H2,(H,16,17)/t10-,12+/m0/s1. The summed E-state index contributed by atoms with van der Waals surface area (Å²) in [5, 5.41) is 3.06. The van der Waals surface area contributed by atoms with Crippen molar-refractivity contribution in [3.8, 4) is 11.5 Å². The van der Waals surface area contributed by atoms with Crippen LogP contribution in [0.5, 0.6) is 11.5 Å². The summed E-state index contributed by atoms with van der Waals surface area (Å²) in [6.45, 7) is 1.12. The molecule has 1 aromatic carbocycles. The Kier molecular flexibility index (Phi) is 2.43. The number of nitrogens with one attached hydrogen (secondary N) is 1. The highest BCUT2D eigenvalue weighted by Gasteiger charge is 2.42. The van der Waals surface area contributed by atoms with Crippen LogP contribution in [0, 0.1) is 11.8 Å². The van der Waals surface area contributed by atoms with Crippen LogP contribution in [0.3, 0.4) is 0 Å². The van der Waals surface area contributed by atoms with Gasteiger partial charge in [0, 0.05) is 18.0 Å². The molecule has 2 atom stereocenters. The zero-order chi connectivity index (χ0) is 12.8. The lowest BCUT2D eigenvalue weighted by Gasteiger charge is -2.06. The van der Waals surface area contributed by atoms with E-state index in [0.29, 0.717) is 24.5 Å². The molecule has 0 radical (unpaired) electrons. The Hall–Kier alpha value is -1.71. The van der Waals surface area contributed by atoms with E-state index in [4.69, 9.17) is 9.47 Å². The average molecular weight is 259 g/mol. The van der Waals surface area contributed by atoms with Gasteiger partial charge >= 0.3 is 0 Å². The first-order valence-electron chi connectivity index (χ1n) is 6.99. The molecule has 3 aliphatic rings. The third-order valence-electron chi connectivity index (χ3n) is 4.24. The van der Waals surface area contributed by atoms with Crippen molar-refractivity contribution in [1.82, 2.24) is 5.32 Å². The number of hydrogen-bond acceptors (Lipinski definition) is 3. The topological polar surface area (TPSA) is 47.6 Å². The van der Waals surface area contributed by atoms with Crippen molar-refractivity contribution in [2.24, 2.45) is 11.8 Å². The summed E-state index contributed by atoms with van der Waals surface area (Å²) < 4.78 is 10.9. The highest BCUT2D eigenvalue weighted by atomic mass is 16.7. The van der Waals surface area contributed by atoms with Crippen LogP contribution < -0.4 is 14.8 Å². The third kappa shape index (κ3) is 2.05. The summed E-state index contributed by atoms with van der Waals surface area (Å²) in [7, 11) is 0. The predicted octanol–water partition coefficient (Wildman–Crippen LogP) is 2.04. The minimum atomic E-state index is 0.239. The SMILES string of the molecule is O=C(NC[C@@H]1C[C@H]1c1cccc2c1OCO2)C1CC1. The highest BCUT2D eigenvalue weighted by Crippen LogP contribution is 2.52. The largest absolute Gasteiger partial charge is 0.454 e.